The zero-order chi connectivity index (χ0) is 13.9. The number of hydrogen-bond donors (Lipinski definition) is 3. The quantitative estimate of drug-likeness (QED) is 0.815. The second kappa shape index (κ2) is 5.85. The number of aryl methyl sites for hydroxylation is 1. The fraction of sp³-hybridized carbons (Fsp3) is 0.385. The third-order valence-corrected chi connectivity index (χ3v) is 4.64. The number of thiophene rings is 1. The second-order valence-corrected chi connectivity index (χ2v) is 6.65. The normalized spacial score (nSPS) is 17.6. The standard InChI is InChI=1S/C13H15ClN4OS/c14-12-4-2-10(20-12)7-15-13(19)17-9-1-3-11-8(5-9)6-16-18-11/h2,4,6,9H,1,3,5,7H2,(H,16,18)(H2,15,17,19). The number of aromatic amines is 1. The highest BCUT2D eigenvalue weighted by Crippen LogP contribution is 2.21. The number of carbonyl (C=O) groups excluding carboxylic acids is 1. The molecule has 2 heterocycles. The summed E-state index contributed by atoms with van der Waals surface area (Å²) in [5, 5.41) is 12.9. The summed E-state index contributed by atoms with van der Waals surface area (Å²) in [5.74, 6) is 0. The van der Waals surface area contributed by atoms with Crippen LogP contribution in [-0.2, 0) is 19.4 Å². The van der Waals surface area contributed by atoms with Crippen LogP contribution in [-0.4, -0.2) is 22.3 Å². The number of aromatic nitrogens is 2. The van der Waals surface area contributed by atoms with Crippen molar-refractivity contribution < 1.29 is 4.79 Å². The van der Waals surface area contributed by atoms with E-state index in [9.17, 15) is 4.79 Å². The summed E-state index contributed by atoms with van der Waals surface area (Å²) >= 11 is 7.33. The molecule has 1 atom stereocenters. The molecule has 1 unspecified atom stereocenters. The first-order chi connectivity index (χ1) is 9.70. The molecule has 106 valence electrons. The largest absolute Gasteiger partial charge is 0.335 e. The van der Waals surface area contributed by atoms with Gasteiger partial charge in [-0.3, -0.25) is 5.10 Å². The molecule has 0 bridgehead atoms. The SMILES string of the molecule is O=C(NCc1ccc(Cl)s1)NC1CCc2[nH]ncc2C1. The van der Waals surface area contributed by atoms with Crippen LogP contribution in [0, 0.1) is 0 Å². The van der Waals surface area contributed by atoms with Crippen molar-refractivity contribution in [2.75, 3.05) is 0 Å². The molecular formula is C13H15ClN4OS. The molecule has 1 aliphatic carbocycles. The number of nitrogens with zero attached hydrogens (tertiary/aromatic N) is 1. The van der Waals surface area contributed by atoms with Crippen molar-refractivity contribution in [1.82, 2.24) is 20.8 Å². The second-order valence-electron chi connectivity index (χ2n) is 4.85. The maximum Gasteiger partial charge on any atom is 0.315 e. The molecular weight excluding hydrogens is 296 g/mol. The Labute approximate surface area is 125 Å². The fourth-order valence-corrected chi connectivity index (χ4v) is 3.42. The van der Waals surface area contributed by atoms with Gasteiger partial charge in [-0.15, -0.1) is 11.3 Å². The van der Waals surface area contributed by atoms with E-state index in [1.807, 2.05) is 18.3 Å². The first-order valence-corrected chi connectivity index (χ1v) is 7.70. The summed E-state index contributed by atoms with van der Waals surface area (Å²) < 4.78 is 0.738. The molecule has 0 saturated carbocycles. The number of nitrogens with one attached hydrogen (secondary N) is 3. The van der Waals surface area contributed by atoms with Crippen molar-refractivity contribution >= 4 is 29.0 Å². The number of rotatable bonds is 3. The minimum absolute atomic E-state index is 0.133. The first kappa shape index (κ1) is 13.5. The highest BCUT2D eigenvalue weighted by atomic mass is 35.5. The minimum Gasteiger partial charge on any atom is -0.335 e. The van der Waals surface area contributed by atoms with Gasteiger partial charge >= 0.3 is 6.03 Å². The van der Waals surface area contributed by atoms with Gasteiger partial charge in [0.25, 0.3) is 0 Å². The highest BCUT2D eigenvalue weighted by molar-refractivity contribution is 7.16. The first-order valence-electron chi connectivity index (χ1n) is 6.50. The Balaban J connectivity index is 1.47. The van der Waals surface area contributed by atoms with Crippen LogP contribution in [0.25, 0.3) is 0 Å². The molecule has 20 heavy (non-hydrogen) atoms. The predicted octanol–water partition coefficient (Wildman–Crippen LogP) is 2.48. The zero-order valence-electron chi connectivity index (χ0n) is 10.8. The van der Waals surface area contributed by atoms with E-state index >= 15 is 0 Å². The van der Waals surface area contributed by atoms with Crippen molar-refractivity contribution in [3.8, 4) is 0 Å². The molecule has 2 amide bonds. The van der Waals surface area contributed by atoms with E-state index in [-0.39, 0.29) is 12.1 Å². The summed E-state index contributed by atoms with van der Waals surface area (Å²) in [4.78, 5) is 12.9. The fourth-order valence-electron chi connectivity index (χ4n) is 2.39. The lowest BCUT2D eigenvalue weighted by Gasteiger charge is -2.22. The lowest BCUT2D eigenvalue weighted by molar-refractivity contribution is 0.235. The van der Waals surface area contributed by atoms with Gasteiger partial charge in [-0.05, 0) is 37.0 Å². The molecule has 0 aliphatic heterocycles. The monoisotopic (exact) mass is 310 g/mol. The van der Waals surface area contributed by atoms with Crippen LogP contribution in [0.2, 0.25) is 4.34 Å². The van der Waals surface area contributed by atoms with E-state index in [2.05, 4.69) is 20.8 Å². The Morgan fingerprint density at radius 3 is 3.25 bits per heavy atom. The molecule has 1 aliphatic rings. The van der Waals surface area contributed by atoms with E-state index in [0.717, 1.165) is 28.5 Å². The van der Waals surface area contributed by atoms with Crippen LogP contribution in [0.5, 0.6) is 0 Å². The molecule has 0 aromatic carbocycles. The molecule has 7 heteroatoms. The zero-order valence-corrected chi connectivity index (χ0v) is 12.4. The molecule has 2 aromatic rings. The molecule has 3 N–H and O–H groups in total. The highest BCUT2D eigenvalue weighted by Gasteiger charge is 2.21. The van der Waals surface area contributed by atoms with Gasteiger partial charge in [-0.2, -0.15) is 5.10 Å². The van der Waals surface area contributed by atoms with E-state index in [4.69, 9.17) is 11.6 Å². The molecule has 0 radical (unpaired) electrons. The number of carbonyl (C=O) groups is 1. The summed E-state index contributed by atoms with van der Waals surface area (Å²) in [6.45, 7) is 0.507. The van der Waals surface area contributed by atoms with Gasteiger partial charge < -0.3 is 10.6 Å². The number of halogens is 1. The summed E-state index contributed by atoms with van der Waals surface area (Å²) in [6, 6.07) is 3.80. The lowest BCUT2D eigenvalue weighted by Crippen LogP contribution is -2.44. The molecule has 5 nitrogen and oxygen atoms in total. The van der Waals surface area contributed by atoms with Crippen molar-refractivity contribution in [3.63, 3.8) is 0 Å². The van der Waals surface area contributed by atoms with Crippen LogP contribution < -0.4 is 10.6 Å². The molecule has 2 aromatic heterocycles. The number of amides is 2. The van der Waals surface area contributed by atoms with Gasteiger partial charge in [0.15, 0.2) is 0 Å². The van der Waals surface area contributed by atoms with Crippen molar-refractivity contribution in [3.05, 3.63) is 38.8 Å². The Bertz CT molecular complexity index is 609. The van der Waals surface area contributed by atoms with Crippen molar-refractivity contribution in [2.24, 2.45) is 0 Å². The summed E-state index contributed by atoms with van der Waals surface area (Å²) in [7, 11) is 0. The smallest absolute Gasteiger partial charge is 0.315 e. The Hall–Kier alpha value is -1.53. The Morgan fingerprint density at radius 1 is 1.55 bits per heavy atom. The van der Waals surface area contributed by atoms with Crippen molar-refractivity contribution in [1.29, 1.82) is 0 Å². The average Bonchev–Trinajstić information content (AvgIpc) is 3.04. The van der Waals surface area contributed by atoms with Gasteiger partial charge in [0.1, 0.15) is 0 Å². The van der Waals surface area contributed by atoms with E-state index in [1.54, 1.807) is 0 Å². The van der Waals surface area contributed by atoms with E-state index < -0.39 is 0 Å². The topological polar surface area (TPSA) is 69.8 Å². The molecule has 3 rings (SSSR count). The van der Waals surface area contributed by atoms with Crippen molar-refractivity contribution in [2.45, 2.75) is 31.8 Å². The van der Waals surface area contributed by atoms with E-state index in [1.165, 1.54) is 22.6 Å². The minimum atomic E-state index is -0.133. The van der Waals surface area contributed by atoms with Gasteiger partial charge in [-0.25, -0.2) is 4.79 Å². The Morgan fingerprint density at radius 2 is 2.45 bits per heavy atom. The van der Waals surface area contributed by atoms with Crippen LogP contribution in [0.3, 0.4) is 0 Å². The lowest BCUT2D eigenvalue weighted by atomic mass is 9.94. The van der Waals surface area contributed by atoms with Crippen LogP contribution in [0.1, 0.15) is 22.6 Å². The van der Waals surface area contributed by atoms with E-state index in [0.29, 0.717) is 6.54 Å². The van der Waals surface area contributed by atoms with Gasteiger partial charge in [-0.1, -0.05) is 11.6 Å². The third-order valence-electron chi connectivity index (χ3n) is 3.40. The maximum absolute atomic E-state index is 11.9. The number of fused-ring (bicyclic) bond motifs is 1. The average molecular weight is 311 g/mol. The molecule has 0 spiro atoms. The molecule has 0 fully saturated rings. The van der Waals surface area contributed by atoms with Crippen LogP contribution in [0.4, 0.5) is 4.79 Å². The molecule has 0 saturated heterocycles. The van der Waals surface area contributed by atoms with Gasteiger partial charge in [0.2, 0.25) is 0 Å². The van der Waals surface area contributed by atoms with Gasteiger partial charge in [0, 0.05) is 16.6 Å². The third kappa shape index (κ3) is 3.13. The van der Waals surface area contributed by atoms with Crippen LogP contribution >= 0.6 is 22.9 Å². The van der Waals surface area contributed by atoms with Crippen LogP contribution in [0.15, 0.2) is 18.3 Å². The Kier molecular flexibility index (Phi) is 3.93. The summed E-state index contributed by atoms with van der Waals surface area (Å²) in [6.07, 6.45) is 4.55. The maximum atomic E-state index is 11.9. The number of hydrogen-bond acceptors (Lipinski definition) is 3. The summed E-state index contributed by atoms with van der Waals surface area (Å²) in [5.41, 5.74) is 2.39. The predicted molar refractivity (Wildman–Crippen MR) is 79.1 cm³/mol. The number of urea groups is 1. The van der Waals surface area contributed by atoms with Gasteiger partial charge in [0.05, 0.1) is 17.1 Å². The number of H-pyrrole nitrogens is 1.